The number of phenolic OH excluding ortho intramolecular Hbond substituents is 1. The highest BCUT2D eigenvalue weighted by Gasteiger charge is 2.18. The van der Waals surface area contributed by atoms with Crippen LogP contribution in [0.3, 0.4) is 0 Å². The fraction of sp³-hybridized carbons (Fsp3) is 0.263. The molecule has 0 aliphatic carbocycles. The molecule has 0 radical (unpaired) electrons. The van der Waals surface area contributed by atoms with Crippen LogP contribution in [0.5, 0.6) is 11.5 Å². The summed E-state index contributed by atoms with van der Waals surface area (Å²) in [5.41, 5.74) is 2.24. The summed E-state index contributed by atoms with van der Waals surface area (Å²) in [7, 11) is 0. The molecule has 0 bridgehead atoms. The van der Waals surface area contributed by atoms with Gasteiger partial charge in [0.2, 0.25) is 5.91 Å². The second-order valence-corrected chi connectivity index (χ2v) is 6.01. The second-order valence-electron chi connectivity index (χ2n) is 6.01. The molecule has 0 spiro atoms. The van der Waals surface area contributed by atoms with E-state index < -0.39 is 0 Å². The molecule has 0 unspecified atom stereocenters. The average molecular weight is 340 g/mol. The average Bonchev–Trinajstić information content (AvgIpc) is 2.60. The number of nitrogens with one attached hydrogen (secondary N) is 2. The number of benzene rings is 2. The van der Waals surface area contributed by atoms with E-state index in [1.54, 1.807) is 30.3 Å². The number of carbonyl (C=O) groups is 2. The highest BCUT2D eigenvalue weighted by Crippen LogP contribution is 2.30. The van der Waals surface area contributed by atoms with Gasteiger partial charge >= 0.3 is 0 Å². The molecule has 25 heavy (non-hydrogen) atoms. The molecule has 1 heterocycles. The number of phenols is 1. The third-order valence-corrected chi connectivity index (χ3v) is 4.13. The van der Waals surface area contributed by atoms with E-state index in [4.69, 9.17) is 4.74 Å². The molecule has 1 aliphatic rings. The zero-order chi connectivity index (χ0) is 17.8. The molecule has 2 aromatic carbocycles. The molecule has 2 aromatic rings. The third-order valence-electron chi connectivity index (χ3n) is 4.13. The fourth-order valence-electron chi connectivity index (χ4n) is 2.74. The van der Waals surface area contributed by atoms with E-state index in [2.05, 4.69) is 10.6 Å². The summed E-state index contributed by atoms with van der Waals surface area (Å²) in [6.45, 7) is 1.90. The Morgan fingerprint density at radius 2 is 2.12 bits per heavy atom. The lowest BCUT2D eigenvalue weighted by molar-refractivity contribution is -0.121. The van der Waals surface area contributed by atoms with Gasteiger partial charge in [0.05, 0.1) is 11.7 Å². The van der Waals surface area contributed by atoms with E-state index in [1.807, 2.05) is 19.1 Å². The van der Waals surface area contributed by atoms with E-state index in [1.165, 1.54) is 0 Å². The first kappa shape index (κ1) is 16.8. The summed E-state index contributed by atoms with van der Waals surface area (Å²) in [5, 5.41) is 15.4. The van der Waals surface area contributed by atoms with Gasteiger partial charge in [-0.25, -0.2) is 0 Å². The van der Waals surface area contributed by atoms with Gasteiger partial charge in [-0.1, -0.05) is 24.3 Å². The molecule has 6 nitrogen and oxygen atoms in total. The highest BCUT2D eigenvalue weighted by atomic mass is 16.5. The summed E-state index contributed by atoms with van der Waals surface area (Å²) in [4.78, 5) is 23.6. The monoisotopic (exact) mass is 340 g/mol. The molecule has 1 aliphatic heterocycles. The van der Waals surface area contributed by atoms with Crippen molar-refractivity contribution in [3.05, 3.63) is 53.6 Å². The minimum Gasteiger partial charge on any atom is -0.508 e. The van der Waals surface area contributed by atoms with Crippen LogP contribution >= 0.6 is 0 Å². The lowest BCUT2D eigenvalue weighted by Crippen LogP contribution is -2.28. The van der Waals surface area contributed by atoms with Gasteiger partial charge in [-0.05, 0) is 42.7 Å². The van der Waals surface area contributed by atoms with Crippen LogP contribution in [0.1, 0.15) is 30.5 Å². The predicted molar refractivity (Wildman–Crippen MR) is 93.6 cm³/mol. The number of hydrogen-bond acceptors (Lipinski definition) is 4. The maximum absolute atomic E-state index is 12.2. The zero-order valence-electron chi connectivity index (χ0n) is 13.9. The number of ether oxygens (including phenoxy) is 1. The van der Waals surface area contributed by atoms with E-state index in [9.17, 15) is 14.7 Å². The van der Waals surface area contributed by atoms with Gasteiger partial charge in [-0.15, -0.1) is 0 Å². The van der Waals surface area contributed by atoms with Gasteiger partial charge in [0, 0.05) is 6.42 Å². The minimum absolute atomic E-state index is 0.0188. The Kier molecular flexibility index (Phi) is 4.88. The van der Waals surface area contributed by atoms with Crippen molar-refractivity contribution in [3.63, 3.8) is 0 Å². The predicted octanol–water partition coefficient (Wildman–Crippen LogP) is 2.53. The van der Waals surface area contributed by atoms with Gasteiger partial charge in [0.25, 0.3) is 5.91 Å². The van der Waals surface area contributed by atoms with Gasteiger partial charge in [0.15, 0.2) is 6.61 Å². The van der Waals surface area contributed by atoms with Gasteiger partial charge < -0.3 is 20.5 Å². The molecule has 2 amide bonds. The van der Waals surface area contributed by atoms with Crippen LogP contribution in [0.2, 0.25) is 0 Å². The fourth-order valence-corrected chi connectivity index (χ4v) is 2.74. The van der Waals surface area contributed by atoms with Crippen molar-refractivity contribution in [2.75, 3.05) is 11.9 Å². The van der Waals surface area contributed by atoms with Crippen LogP contribution in [0, 0.1) is 0 Å². The molecule has 3 rings (SSSR count). The SMILES string of the molecule is C[C@@H](NC(=O)CCc1ccccc1O)c1ccc2c(c1)NC(=O)CO2. The summed E-state index contributed by atoms with van der Waals surface area (Å²) in [5.74, 6) is 0.535. The Morgan fingerprint density at radius 3 is 2.92 bits per heavy atom. The smallest absolute Gasteiger partial charge is 0.262 e. The molecule has 0 saturated heterocycles. The molecular weight excluding hydrogens is 320 g/mol. The zero-order valence-corrected chi connectivity index (χ0v) is 13.9. The second kappa shape index (κ2) is 7.25. The van der Waals surface area contributed by atoms with Crippen molar-refractivity contribution in [3.8, 4) is 11.5 Å². The van der Waals surface area contributed by atoms with E-state index >= 15 is 0 Å². The molecule has 0 aromatic heterocycles. The number of fused-ring (bicyclic) bond motifs is 1. The van der Waals surface area contributed by atoms with Crippen LogP contribution in [0.4, 0.5) is 5.69 Å². The highest BCUT2D eigenvalue weighted by molar-refractivity contribution is 5.95. The summed E-state index contributed by atoms with van der Waals surface area (Å²) in [6, 6.07) is 12.2. The molecule has 0 saturated carbocycles. The Morgan fingerprint density at radius 1 is 1.32 bits per heavy atom. The van der Waals surface area contributed by atoms with Gasteiger partial charge in [0.1, 0.15) is 11.5 Å². The maximum Gasteiger partial charge on any atom is 0.262 e. The van der Waals surface area contributed by atoms with Crippen LogP contribution in [-0.2, 0) is 16.0 Å². The topological polar surface area (TPSA) is 87.7 Å². The Hall–Kier alpha value is -3.02. The third kappa shape index (κ3) is 4.09. The van der Waals surface area contributed by atoms with Crippen molar-refractivity contribution in [1.82, 2.24) is 5.32 Å². The first-order chi connectivity index (χ1) is 12.0. The number of para-hydroxylation sites is 1. The molecule has 6 heteroatoms. The molecule has 1 atom stereocenters. The molecule has 3 N–H and O–H groups in total. The Balaban J connectivity index is 1.59. The number of aryl methyl sites for hydroxylation is 1. The van der Waals surface area contributed by atoms with Crippen molar-refractivity contribution >= 4 is 17.5 Å². The van der Waals surface area contributed by atoms with Crippen molar-refractivity contribution in [2.45, 2.75) is 25.8 Å². The summed E-state index contributed by atoms with van der Waals surface area (Å²) >= 11 is 0. The lowest BCUT2D eigenvalue weighted by atomic mass is 10.1. The summed E-state index contributed by atoms with van der Waals surface area (Å²) < 4.78 is 5.33. The van der Waals surface area contributed by atoms with E-state index in [-0.39, 0.29) is 36.6 Å². The Bertz CT molecular complexity index is 804. The molecule has 0 fully saturated rings. The maximum atomic E-state index is 12.2. The number of amides is 2. The number of anilines is 1. The Labute approximate surface area is 145 Å². The van der Waals surface area contributed by atoms with Crippen molar-refractivity contribution in [1.29, 1.82) is 0 Å². The largest absolute Gasteiger partial charge is 0.508 e. The van der Waals surface area contributed by atoms with E-state index in [0.717, 1.165) is 11.1 Å². The van der Waals surface area contributed by atoms with Crippen molar-refractivity contribution < 1.29 is 19.4 Å². The van der Waals surface area contributed by atoms with Gasteiger partial charge in [-0.2, -0.15) is 0 Å². The lowest BCUT2D eigenvalue weighted by Gasteiger charge is -2.21. The quantitative estimate of drug-likeness (QED) is 0.780. The first-order valence-electron chi connectivity index (χ1n) is 8.16. The summed E-state index contributed by atoms with van der Waals surface area (Å²) in [6.07, 6.45) is 0.756. The van der Waals surface area contributed by atoms with E-state index in [0.29, 0.717) is 17.9 Å². The van der Waals surface area contributed by atoms with Crippen LogP contribution in [-0.4, -0.2) is 23.5 Å². The number of hydrogen-bond donors (Lipinski definition) is 3. The minimum atomic E-state index is -0.207. The first-order valence-corrected chi connectivity index (χ1v) is 8.16. The van der Waals surface area contributed by atoms with Gasteiger partial charge in [-0.3, -0.25) is 9.59 Å². The van der Waals surface area contributed by atoms with Crippen LogP contribution in [0.15, 0.2) is 42.5 Å². The molecule has 130 valence electrons. The normalized spacial score (nSPS) is 14.0. The van der Waals surface area contributed by atoms with Crippen molar-refractivity contribution in [2.24, 2.45) is 0 Å². The number of aromatic hydroxyl groups is 1. The number of rotatable bonds is 5. The molecular formula is C19H20N2O4. The van der Waals surface area contributed by atoms with Crippen LogP contribution in [0.25, 0.3) is 0 Å². The number of carbonyl (C=O) groups excluding carboxylic acids is 2. The standard InChI is InChI=1S/C19H20N2O4/c1-12(14-6-8-17-15(10-14)21-19(24)11-25-17)20-18(23)9-7-13-4-2-3-5-16(13)22/h2-6,8,10,12,22H,7,9,11H2,1H3,(H,20,23)(H,21,24)/t12-/m1/s1. The van der Waals surface area contributed by atoms with Crippen LogP contribution < -0.4 is 15.4 Å².